The standard InChI is InChI=1S/C15H22N2O/c1-3-12(2)11-16-13-7-4-5-8-14(13)17-10-6-9-15(17)18/h4-5,7-8,12,16H,3,6,9-11H2,1-2H3. The number of amides is 1. The normalized spacial score (nSPS) is 17.0. The Labute approximate surface area is 109 Å². The van der Waals surface area contributed by atoms with Crippen LogP contribution in [-0.2, 0) is 4.79 Å². The second kappa shape index (κ2) is 5.89. The number of anilines is 2. The largest absolute Gasteiger partial charge is 0.383 e. The first-order valence-corrected chi connectivity index (χ1v) is 6.85. The first kappa shape index (κ1) is 12.9. The summed E-state index contributed by atoms with van der Waals surface area (Å²) >= 11 is 0. The van der Waals surface area contributed by atoms with E-state index in [0.717, 1.165) is 37.3 Å². The molecule has 2 rings (SSSR count). The molecule has 1 aromatic carbocycles. The third kappa shape index (κ3) is 2.84. The number of para-hydroxylation sites is 2. The molecule has 0 bridgehead atoms. The summed E-state index contributed by atoms with van der Waals surface area (Å²) in [4.78, 5) is 13.7. The molecule has 1 amide bonds. The topological polar surface area (TPSA) is 32.3 Å². The van der Waals surface area contributed by atoms with E-state index in [1.54, 1.807) is 0 Å². The van der Waals surface area contributed by atoms with E-state index >= 15 is 0 Å². The van der Waals surface area contributed by atoms with Gasteiger partial charge in [-0.1, -0.05) is 32.4 Å². The van der Waals surface area contributed by atoms with Gasteiger partial charge in [0.15, 0.2) is 0 Å². The number of carbonyl (C=O) groups excluding carboxylic acids is 1. The van der Waals surface area contributed by atoms with Crippen molar-refractivity contribution in [1.82, 2.24) is 0 Å². The van der Waals surface area contributed by atoms with Gasteiger partial charge in [-0.25, -0.2) is 0 Å². The molecule has 0 spiro atoms. The van der Waals surface area contributed by atoms with Crippen molar-refractivity contribution in [2.75, 3.05) is 23.3 Å². The van der Waals surface area contributed by atoms with E-state index < -0.39 is 0 Å². The number of nitrogens with one attached hydrogen (secondary N) is 1. The number of benzene rings is 1. The van der Waals surface area contributed by atoms with Crippen molar-refractivity contribution in [3.05, 3.63) is 24.3 Å². The fraction of sp³-hybridized carbons (Fsp3) is 0.533. The lowest BCUT2D eigenvalue weighted by Gasteiger charge is -2.21. The molecule has 1 unspecified atom stereocenters. The molecule has 98 valence electrons. The van der Waals surface area contributed by atoms with Crippen LogP contribution in [0.3, 0.4) is 0 Å². The SMILES string of the molecule is CCC(C)CNc1ccccc1N1CCCC1=O. The highest BCUT2D eigenvalue weighted by molar-refractivity contribution is 5.98. The van der Waals surface area contributed by atoms with Crippen molar-refractivity contribution in [3.8, 4) is 0 Å². The van der Waals surface area contributed by atoms with Gasteiger partial charge in [0.1, 0.15) is 0 Å². The zero-order valence-corrected chi connectivity index (χ0v) is 11.3. The minimum atomic E-state index is 0.243. The summed E-state index contributed by atoms with van der Waals surface area (Å²) in [5.41, 5.74) is 2.11. The Kier molecular flexibility index (Phi) is 4.24. The second-order valence-corrected chi connectivity index (χ2v) is 5.06. The minimum absolute atomic E-state index is 0.243. The van der Waals surface area contributed by atoms with Gasteiger partial charge in [-0.3, -0.25) is 4.79 Å². The lowest BCUT2D eigenvalue weighted by molar-refractivity contribution is -0.117. The van der Waals surface area contributed by atoms with Crippen LogP contribution in [0.5, 0.6) is 0 Å². The monoisotopic (exact) mass is 246 g/mol. The van der Waals surface area contributed by atoms with Gasteiger partial charge in [-0.2, -0.15) is 0 Å². The smallest absolute Gasteiger partial charge is 0.227 e. The van der Waals surface area contributed by atoms with Crippen LogP contribution in [0.1, 0.15) is 33.1 Å². The van der Waals surface area contributed by atoms with Crippen LogP contribution in [-0.4, -0.2) is 19.0 Å². The fourth-order valence-corrected chi connectivity index (χ4v) is 2.19. The van der Waals surface area contributed by atoms with Crippen molar-refractivity contribution >= 4 is 17.3 Å². The highest BCUT2D eigenvalue weighted by Gasteiger charge is 2.23. The highest BCUT2D eigenvalue weighted by atomic mass is 16.2. The Bertz CT molecular complexity index is 417. The van der Waals surface area contributed by atoms with Gasteiger partial charge in [0.05, 0.1) is 11.4 Å². The molecule has 1 aliphatic rings. The molecular formula is C15H22N2O. The summed E-state index contributed by atoms with van der Waals surface area (Å²) < 4.78 is 0. The molecule has 1 saturated heterocycles. The zero-order valence-electron chi connectivity index (χ0n) is 11.3. The van der Waals surface area contributed by atoms with Crippen LogP contribution >= 0.6 is 0 Å². The van der Waals surface area contributed by atoms with Crippen molar-refractivity contribution in [2.24, 2.45) is 5.92 Å². The third-order valence-corrected chi connectivity index (χ3v) is 3.61. The third-order valence-electron chi connectivity index (χ3n) is 3.61. The molecule has 1 fully saturated rings. The molecule has 1 N–H and O–H groups in total. The van der Waals surface area contributed by atoms with E-state index in [1.165, 1.54) is 0 Å². The number of hydrogen-bond donors (Lipinski definition) is 1. The predicted molar refractivity (Wildman–Crippen MR) is 76.0 cm³/mol. The predicted octanol–water partition coefficient (Wildman–Crippen LogP) is 3.27. The molecule has 0 aromatic heterocycles. The summed E-state index contributed by atoms with van der Waals surface area (Å²) in [5, 5.41) is 3.47. The van der Waals surface area contributed by atoms with E-state index in [1.807, 2.05) is 23.1 Å². The average Bonchev–Trinajstić information content (AvgIpc) is 2.82. The van der Waals surface area contributed by atoms with E-state index in [4.69, 9.17) is 0 Å². The molecular weight excluding hydrogens is 224 g/mol. The van der Waals surface area contributed by atoms with Gasteiger partial charge in [0.2, 0.25) is 5.91 Å². The minimum Gasteiger partial charge on any atom is -0.383 e. The van der Waals surface area contributed by atoms with Crippen LogP contribution in [0.4, 0.5) is 11.4 Å². The van der Waals surface area contributed by atoms with E-state index in [-0.39, 0.29) is 5.91 Å². The summed E-state index contributed by atoms with van der Waals surface area (Å²) in [5.74, 6) is 0.889. The fourth-order valence-electron chi connectivity index (χ4n) is 2.19. The Morgan fingerprint density at radius 1 is 1.39 bits per heavy atom. The average molecular weight is 246 g/mol. The number of rotatable bonds is 5. The second-order valence-electron chi connectivity index (χ2n) is 5.06. The van der Waals surface area contributed by atoms with Gasteiger partial charge in [0, 0.05) is 19.5 Å². The molecule has 0 aliphatic carbocycles. The van der Waals surface area contributed by atoms with Crippen molar-refractivity contribution in [3.63, 3.8) is 0 Å². The first-order chi connectivity index (χ1) is 8.72. The highest BCUT2D eigenvalue weighted by Crippen LogP contribution is 2.29. The molecule has 0 radical (unpaired) electrons. The molecule has 1 atom stereocenters. The molecule has 1 aliphatic heterocycles. The van der Waals surface area contributed by atoms with Crippen LogP contribution in [0.2, 0.25) is 0 Å². The first-order valence-electron chi connectivity index (χ1n) is 6.85. The van der Waals surface area contributed by atoms with E-state index in [0.29, 0.717) is 12.3 Å². The molecule has 0 saturated carbocycles. The van der Waals surface area contributed by atoms with Gasteiger partial charge < -0.3 is 10.2 Å². The van der Waals surface area contributed by atoms with Crippen LogP contribution in [0, 0.1) is 5.92 Å². The lowest BCUT2D eigenvalue weighted by atomic mass is 10.1. The number of nitrogens with zero attached hydrogens (tertiary/aromatic N) is 1. The lowest BCUT2D eigenvalue weighted by Crippen LogP contribution is -2.25. The maximum atomic E-state index is 11.8. The maximum absolute atomic E-state index is 11.8. The van der Waals surface area contributed by atoms with Crippen molar-refractivity contribution in [1.29, 1.82) is 0 Å². The molecule has 1 aromatic rings. The number of hydrogen-bond acceptors (Lipinski definition) is 2. The maximum Gasteiger partial charge on any atom is 0.227 e. The quantitative estimate of drug-likeness (QED) is 0.864. The van der Waals surface area contributed by atoms with Crippen LogP contribution < -0.4 is 10.2 Å². The van der Waals surface area contributed by atoms with E-state index in [2.05, 4.69) is 25.2 Å². The van der Waals surface area contributed by atoms with Crippen LogP contribution in [0.25, 0.3) is 0 Å². The summed E-state index contributed by atoms with van der Waals surface area (Å²) in [7, 11) is 0. The van der Waals surface area contributed by atoms with Crippen molar-refractivity contribution in [2.45, 2.75) is 33.1 Å². The molecule has 3 nitrogen and oxygen atoms in total. The Morgan fingerprint density at radius 2 is 2.17 bits per heavy atom. The summed E-state index contributed by atoms with van der Waals surface area (Å²) in [6.45, 7) is 6.23. The van der Waals surface area contributed by atoms with Gasteiger partial charge >= 0.3 is 0 Å². The molecule has 1 heterocycles. The number of carbonyl (C=O) groups is 1. The molecule has 3 heteroatoms. The Morgan fingerprint density at radius 3 is 2.83 bits per heavy atom. The summed E-state index contributed by atoms with van der Waals surface area (Å²) in [6.07, 6.45) is 2.82. The Hall–Kier alpha value is -1.51. The van der Waals surface area contributed by atoms with Gasteiger partial charge in [-0.15, -0.1) is 0 Å². The molecule has 18 heavy (non-hydrogen) atoms. The zero-order chi connectivity index (χ0) is 13.0. The van der Waals surface area contributed by atoms with E-state index in [9.17, 15) is 4.79 Å². The van der Waals surface area contributed by atoms with Crippen molar-refractivity contribution < 1.29 is 4.79 Å². The van der Waals surface area contributed by atoms with Gasteiger partial charge in [0.25, 0.3) is 0 Å². The Balaban J connectivity index is 2.12. The van der Waals surface area contributed by atoms with Gasteiger partial charge in [-0.05, 0) is 24.5 Å². The van der Waals surface area contributed by atoms with Crippen LogP contribution in [0.15, 0.2) is 24.3 Å². The summed E-state index contributed by atoms with van der Waals surface area (Å²) in [6, 6.07) is 8.10.